The number of aliphatic carboxylic acids is 1. The quantitative estimate of drug-likeness (QED) is 0.814. The van der Waals surface area contributed by atoms with Gasteiger partial charge in [-0.2, -0.15) is 0 Å². The fraction of sp³-hybridized carbons (Fsp3) is 0.500. The summed E-state index contributed by atoms with van der Waals surface area (Å²) in [4.78, 5) is 28.4. The van der Waals surface area contributed by atoms with Crippen LogP contribution in [0.4, 0.5) is 0 Å². The third-order valence-corrected chi connectivity index (χ3v) is 3.01. The van der Waals surface area contributed by atoms with Crippen LogP contribution in [0.1, 0.15) is 32.3 Å². The van der Waals surface area contributed by atoms with Crippen molar-refractivity contribution < 1.29 is 14.7 Å². The van der Waals surface area contributed by atoms with Gasteiger partial charge in [0, 0.05) is 31.4 Å². The molecule has 1 amide bonds. The third kappa shape index (κ3) is 5.07. The zero-order valence-corrected chi connectivity index (χ0v) is 11.4. The molecular weight excluding hydrogens is 244 g/mol. The first-order valence-electron chi connectivity index (χ1n) is 6.44. The molecular formula is C14H20N2O3. The van der Waals surface area contributed by atoms with Crippen LogP contribution in [0.25, 0.3) is 0 Å². The van der Waals surface area contributed by atoms with Crippen LogP contribution < -0.4 is 0 Å². The Kier molecular flexibility index (Phi) is 5.99. The van der Waals surface area contributed by atoms with E-state index in [9.17, 15) is 9.59 Å². The predicted octanol–water partition coefficient (Wildman–Crippen LogP) is 1.73. The van der Waals surface area contributed by atoms with Gasteiger partial charge in [0.2, 0.25) is 5.91 Å². The van der Waals surface area contributed by atoms with Crippen molar-refractivity contribution in [1.29, 1.82) is 0 Å². The van der Waals surface area contributed by atoms with E-state index in [1.165, 1.54) is 0 Å². The summed E-state index contributed by atoms with van der Waals surface area (Å²) in [6.07, 6.45) is 4.42. The van der Waals surface area contributed by atoms with Crippen molar-refractivity contribution >= 4 is 11.9 Å². The molecule has 0 aromatic carbocycles. The molecule has 0 aliphatic rings. The first-order chi connectivity index (χ1) is 9.04. The Morgan fingerprint density at radius 1 is 1.47 bits per heavy atom. The maximum absolute atomic E-state index is 12.1. The molecule has 1 aromatic rings. The molecule has 1 rings (SSSR count). The van der Waals surface area contributed by atoms with Crippen LogP contribution in [0, 0.1) is 0 Å². The minimum Gasteiger partial charge on any atom is -0.481 e. The molecule has 1 N–H and O–H groups in total. The van der Waals surface area contributed by atoms with Crippen molar-refractivity contribution in [2.75, 3.05) is 6.54 Å². The number of rotatable bonds is 7. The molecule has 1 unspecified atom stereocenters. The van der Waals surface area contributed by atoms with Crippen LogP contribution in [0.5, 0.6) is 0 Å². The molecule has 0 bridgehead atoms. The Morgan fingerprint density at radius 2 is 2.21 bits per heavy atom. The smallest absolute Gasteiger partial charge is 0.305 e. The molecule has 0 saturated carbocycles. The minimum absolute atomic E-state index is 0.0138. The zero-order chi connectivity index (χ0) is 14.3. The Balaban J connectivity index is 2.52. The SMILES string of the molecule is CCN(C(=O)CCc1cccnc1)C(C)CC(=O)O. The molecule has 19 heavy (non-hydrogen) atoms. The van der Waals surface area contributed by atoms with Gasteiger partial charge in [0.05, 0.1) is 6.42 Å². The molecule has 5 nitrogen and oxygen atoms in total. The highest BCUT2D eigenvalue weighted by Gasteiger charge is 2.20. The third-order valence-electron chi connectivity index (χ3n) is 3.01. The highest BCUT2D eigenvalue weighted by molar-refractivity contribution is 5.77. The average Bonchev–Trinajstić information content (AvgIpc) is 2.37. The normalized spacial score (nSPS) is 11.9. The maximum atomic E-state index is 12.1. The first-order valence-corrected chi connectivity index (χ1v) is 6.44. The second-order valence-electron chi connectivity index (χ2n) is 4.49. The molecule has 0 aliphatic carbocycles. The number of carbonyl (C=O) groups excluding carboxylic acids is 1. The summed E-state index contributed by atoms with van der Waals surface area (Å²) in [5.41, 5.74) is 1.01. The molecule has 0 aliphatic heterocycles. The number of carboxylic acid groups (broad SMARTS) is 1. The molecule has 1 aromatic heterocycles. The van der Waals surface area contributed by atoms with Crippen LogP contribution in [-0.4, -0.2) is 39.5 Å². The number of carboxylic acids is 1. The van der Waals surface area contributed by atoms with Crippen molar-refractivity contribution in [2.24, 2.45) is 0 Å². The second kappa shape index (κ2) is 7.51. The number of amides is 1. The fourth-order valence-corrected chi connectivity index (χ4v) is 2.04. The molecule has 1 atom stereocenters. The van der Waals surface area contributed by atoms with E-state index >= 15 is 0 Å². The maximum Gasteiger partial charge on any atom is 0.305 e. The second-order valence-corrected chi connectivity index (χ2v) is 4.49. The number of aryl methyl sites for hydroxylation is 1. The van der Waals surface area contributed by atoms with Gasteiger partial charge < -0.3 is 10.0 Å². The van der Waals surface area contributed by atoms with E-state index in [1.54, 1.807) is 24.2 Å². The lowest BCUT2D eigenvalue weighted by Gasteiger charge is -2.27. The van der Waals surface area contributed by atoms with Crippen LogP contribution in [0.3, 0.4) is 0 Å². The highest BCUT2D eigenvalue weighted by Crippen LogP contribution is 2.09. The van der Waals surface area contributed by atoms with Crippen molar-refractivity contribution in [2.45, 2.75) is 39.2 Å². The van der Waals surface area contributed by atoms with Gasteiger partial charge in [0.15, 0.2) is 0 Å². The van der Waals surface area contributed by atoms with Crippen molar-refractivity contribution in [1.82, 2.24) is 9.88 Å². The zero-order valence-electron chi connectivity index (χ0n) is 11.4. The van der Waals surface area contributed by atoms with Crippen LogP contribution in [-0.2, 0) is 16.0 Å². The molecule has 0 fully saturated rings. The lowest BCUT2D eigenvalue weighted by atomic mass is 10.1. The van der Waals surface area contributed by atoms with Gasteiger partial charge in [-0.05, 0) is 31.9 Å². The highest BCUT2D eigenvalue weighted by atomic mass is 16.4. The summed E-state index contributed by atoms with van der Waals surface area (Å²) in [5, 5.41) is 8.77. The van der Waals surface area contributed by atoms with E-state index in [1.807, 2.05) is 19.1 Å². The number of hydrogen-bond donors (Lipinski definition) is 1. The summed E-state index contributed by atoms with van der Waals surface area (Å²) in [6.45, 7) is 4.15. The molecule has 0 radical (unpaired) electrons. The molecule has 0 spiro atoms. The summed E-state index contributed by atoms with van der Waals surface area (Å²) < 4.78 is 0. The van der Waals surface area contributed by atoms with E-state index < -0.39 is 5.97 Å². The largest absolute Gasteiger partial charge is 0.481 e. The Hall–Kier alpha value is -1.91. The lowest BCUT2D eigenvalue weighted by Crippen LogP contribution is -2.39. The van der Waals surface area contributed by atoms with E-state index in [2.05, 4.69) is 4.98 Å². The predicted molar refractivity (Wildman–Crippen MR) is 71.7 cm³/mol. The number of hydrogen-bond acceptors (Lipinski definition) is 3. The lowest BCUT2D eigenvalue weighted by molar-refractivity contribution is -0.140. The Morgan fingerprint density at radius 3 is 2.74 bits per heavy atom. The van der Waals surface area contributed by atoms with Gasteiger partial charge >= 0.3 is 5.97 Å². The van der Waals surface area contributed by atoms with Gasteiger partial charge in [-0.1, -0.05) is 6.07 Å². The Labute approximate surface area is 113 Å². The van der Waals surface area contributed by atoms with Crippen LogP contribution in [0.2, 0.25) is 0 Å². The van der Waals surface area contributed by atoms with Gasteiger partial charge in [0.25, 0.3) is 0 Å². The summed E-state index contributed by atoms with van der Waals surface area (Å²) >= 11 is 0. The van der Waals surface area contributed by atoms with E-state index in [0.717, 1.165) is 5.56 Å². The standard InChI is InChI=1S/C14H20N2O3/c1-3-16(11(2)9-14(18)19)13(17)7-6-12-5-4-8-15-10-12/h4-5,8,10-11H,3,6-7,9H2,1-2H3,(H,18,19). The van der Waals surface area contributed by atoms with Crippen molar-refractivity contribution in [3.63, 3.8) is 0 Å². The molecule has 1 heterocycles. The van der Waals surface area contributed by atoms with Crippen molar-refractivity contribution in [3.8, 4) is 0 Å². The number of nitrogens with zero attached hydrogens (tertiary/aromatic N) is 2. The van der Waals surface area contributed by atoms with Gasteiger partial charge in [-0.3, -0.25) is 14.6 Å². The summed E-state index contributed by atoms with van der Waals surface area (Å²) in [5.74, 6) is -0.897. The van der Waals surface area contributed by atoms with E-state index in [4.69, 9.17) is 5.11 Å². The summed E-state index contributed by atoms with van der Waals surface area (Å²) in [6, 6.07) is 3.49. The number of aromatic nitrogens is 1. The number of carbonyl (C=O) groups is 2. The fourth-order valence-electron chi connectivity index (χ4n) is 2.04. The monoisotopic (exact) mass is 264 g/mol. The summed E-state index contributed by atoms with van der Waals surface area (Å²) in [7, 11) is 0. The molecule has 104 valence electrons. The average molecular weight is 264 g/mol. The minimum atomic E-state index is -0.883. The van der Waals surface area contributed by atoms with Gasteiger partial charge in [-0.15, -0.1) is 0 Å². The van der Waals surface area contributed by atoms with E-state index in [-0.39, 0.29) is 18.4 Å². The van der Waals surface area contributed by atoms with Crippen LogP contribution >= 0.6 is 0 Å². The topological polar surface area (TPSA) is 70.5 Å². The molecule has 5 heteroatoms. The van der Waals surface area contributed by atoms with Crippen molar-refractivity contribution in [3.05, 3.63) is 30.1 Å². The van der Waals surface area contributed by atoms with Gasteiger partial charge in [0.1, 0.15) is 0 Å². The Bertz CT molecular complexity index is 420. The number of pyridine rings is 1. The van der Waals surface area contributed by atoms with E-state index in [0.29, 0.717) is 19.4 Å². The molecule has 0 saturated heterocycles. The van der Waals surface area contributed by atoms with Gasteiger partial charge in [-0.25, -0.2) is 0 Å². The first kappa shape index (κ1) is 15.1. The van der Waals surface area contributed by atoms with Crippen LogP contribution in [0.15, 0.2) is 24.5 Å².